The summed E-state index contributed by atoms with van der Waals surface area (Å²) >= 11 is 0. The molecule has 0 radical (unpaired) electrons. The molecule has 0 saturated carbocycles. The van der Waals surface area contributed by atoms with Crippen LogP contribution in [0.3, 0.4) is 0 Å². The van der Waals surface area contributed by atoms with E-state index < -0.39 is 51.1 Å². The highest BCUT2D eigenvalue weighted by Crippen LogP contribution is 2.65. The molecule has 2 aliphatic rings. The molecule has 8 nitrogen and oxygen atoms in total. The van der Waals surface area contributed by atoms with Gasteiger partial charge in [-0.25, -0.2) is 0 Å². The number of ether oxygens (including phenoxy) is 1. The van der Waals surface area contributed by atoms with Crippen LogP contribution < -0.4 is 5.32 Å². The number of benzene rings is 2. The lowest BCUT2D eigenvalue weighted by Gasteiger charge is -2.26. The summed E-state index contributed by atoms with van der Waals surface area (Å²) in [4.78, 5) is 11.8. The number of anilines is 1. The van der Waals surface area contributed by atoms with Gasteiger partial charge in [-0.05, 0) is 68.7 Å². The molecule has 2 aromatic carbocycles. The Morgan fingerprint density at radius 3 is 2.44 bits per heavy atom. The third-order valence-corrected chi connectivity index (χ3v) is 8.72. The maximum Gasteiger partial charge on any atom is 0.417 e. The van der Waals surface area contributed by atoms with Gasteiger partial charge in [0.15, 0.2) is 0 Å². The Labute approximate surface area is 224 Å². The van der Waals surface area contributed by atoms with E-state index in [2.05, 4.69) is 5.32 Å². The molecule has 5 rings (SSSR count). The summed E-state index contributed by atoms with van der Waals surface area (Å²) in [7, 11) is -1.46. The molecular formula is C27H24F3N3O5S. The van der Waals surface area contributed by atoms with Gasteiger partial charge in [-0.2, -0.15) is 18.4 Å². The highest BCUT2D eigenvalue weighted by molar-refractivity contribution is 7.85. The molecule has 3 heterocycles. The number of alkyl halides is 3. The third-order valence-electron chi connectivity index (χ3n) is 7.35. The quantitative estimate of drug-likeness (QED) is 0.383. The van der Waals surface area contributed by atoms with Crippen LogP contribution in [0.25, 0.3) is 5.69 Å². The predicted octanol–water partition coefficient (Wildman–Crippen LogP) is 5.17. The minimum Gasteiger partial charge on any atom is -0.494 e. The van der Waals surface area contributed by atoms with Crippen LogP contribution in [-0.2, 0) is 37.7 Å². The molecule has 1 amide bonds. The number of aromatic nitrogens is 1. The van der Waals surface area contributed by atoms with Gasteiger partial charge >= 0.3 is 6.18 Å². The highest BCUT2D eigenvalue weighted by atomic mass is 32.2. The van der Waals surface area contributed by atoms with Crippen LogP contribution in [0.5, 0.6) is 11.8 Å². The first-order valence-corrected chi connectivity index (χ1v) is 13.4. The number of nitrogens with one attached hydrogen (secondary N) is 1. The van der Waals surface area contributed by atoms with Crippen molar-refractivity contribution >= 4 is 22.4 Å². The van der Waals surface area contributed by atoms with E-state index >= 15 is 0 Å². The van der Waals surface area contributed by atoms with Crippen molar-refractivity contribution in [3.8, 4) is 23.5 Å². The van der Waals surface area contributed by atoms with Gasteiger partial charge < -0.3 is 20.3 Å². The summed E-state index contributed by atoms with van der Waals surface area (Å²) in [6.07, 6.45) is -3.67. The van der Waals surface area contributed by atoms with Gasteiger partial charge in [0.1, 0.15) is 5.60 Å². The fourth-order valence-corrected chi connectivity index (χ4v) is 6.81. The van der Waals surface area contributed by atoms with Crippen LogP contribution in [0.4, 0.5) is 18.9 Å². The number of carbonyl (C=O) groups excluding carboxylic acids is 1. The first-order valence-electron chi connectivity index (χ1n) is 12.1. The Bertz CT molecular complexity index is 1560. The molecule has 3 atom stereocenters. The number of fused-ring (bicyclic) bond motifs is 5. The summed E-state index contributed by atoms with van der Waals surface area (Å²) in [6.45, 7) is 3.12. The van der Waals surface area contributed by atoms with Gasteiger partial charge in [0.2, 0.25) is 17.7 Å². The number of aromatic hydroxyl groups is 2. The molecule has 0 spiro atoms. The fraction of sp³-hybridized carbons (Fsp3) is 0.333. The number of nitriles is 1. The van der Waals surface area contributed by atoms with E-state index in [9.17, 15) is 32.4 Å². The van der Waals surface area contributed by atoms with E-state index in [0.717, 1.165) is 10.6 Å². The topological polar surface area (TPSA) is 125 Å². The van der Waals surface area contributed by atoms with Crippen molar-refractivity contribution in [2.45, 2.75) is 55.4 Å². The summed E-state index contributed by atoms with van der Waals surface area (Å²) < 4.78 is 61.1. The van der Waals surface area contributed by atoms with Crippen molar-refractivity contribution in [1.29, 1.82) is 5.26 Å². The van der Waals surface area contributed by atoms with E-state index in [4.69, 9.17) is 10.00 Å². The standard InChI is InChI=1S/C27H24F3N3O5S/c1-15(34)32-17-4-7-19(8-5-17)39(37)12-11-26-10-9-25(2,38-26)21-22(26)24(36)33(23(21)35)18-6-3-16(14-31)20(13-18)27(28,29)30/h3-8,13,35-36H,9-12H2,1-2H3,(H,32,34)/t25-,26-,39?/m1/s1. The van der Waals surface area contributed by atoms with Crippen LogP contribution in [0.15, 0.2) is 47.4 Å². The third kappa shape index (κ3) is 4.35. The second-order valence-electron chi connectivity index (χ2n) is 9.90. The van der Waals surface area contributed by atoms with E-state index in [1.807, 2.05) is 0 Å². The van der Waals surface area contributed by atoms with Crippen molar-refractivity contribution in [3.05, 3.63) is 64.7 Å². The van der Waals surface area contributed by atoms with Crippen LogP contribution in [0.2, 0.25) is 0 Å². The Morgan fingerprint density at radius 1 is 1.15 bits per heavy atom. The zero-order valence-corrected chi connectivity index (χ0v) is 21.7. The molecule has 204 valence electrons. The smallest absolute Gasteiger partial charge is 0.417 e. The average molecular weight is 560 g/mol. The molecular weight excluding hydrogens is 535 g/mol. The normalized spacial score (nSPS) is 22.4. The van der Waals surface area contributed by atoms with Crippen molar-refractivity contribution in [2.75, 3.05) is 11.1 Å². The second-order valence-corrected chi connectivity index (χ2v) is 11.5. The maximum atomic E-state index is 13.6. The lowest BCUT2D eigenvalue weighted by Crippen LogP contribution is -2.25. The number of hydrogen-bond acceptors (Lipinski definition) is 6. The first kappa shape index (κ1) is 26.8. The van der Waals surface area contributed by atoms with E-state index in [-0.39, 0.29) is 34.9 Å². The Kier molecular flexibility index (Phi) is 6.27. The summed E-state index contributed by atoms with van der Waals surface area (Å²) in [5.74, 6) is -0.990. The molecule has 3 N–H and O–H groups in total. The van der Waals surface area contributed by atoms with Crippen molar-refractivity contribution < 1.29 is 37.1 Å². The molecule has 2 bridgehead atoms. The van der Waals surface area contributed by atoms with Gasteiger partial charge in [0, 0.05) is 23.3 Å². The molecule has 1 aromatic heterocycles. The second kappa shape index (κ2) is 9.14. The molecule has 3 aromatic rings. The summed E-state index contributed by atoms with van der Waals surface area (Å²) in [5.41, 5.74) is -2.90. The molecule has 12 heteroatoms. The van der Waals surface area contributed by atoms with E-state index in [1.165, 1.54) is 19.1 Å². The maximum absolute atomic E-state index is 13.6. The minimum absolute atomic E-state index is 0.148. The van der Waals surface area contributed by atoms with Gasteiger partial charge in [-0.1, -0.05) is 0 Å². The van der Waals surface area contributed by atoms with Crippen LogP contribution in [0.1, 0.15) is 55.4 Å². The van der Waals surface area contributed by atoms with Gasteiger partial charge in [0.25, 0.3) is 0 Å². The van der Waals surface area contributed by atoms with Gasteiger partial charge in [-0.15, -0.1) is 0 Å². The van der Waals surface area contributed by atoms with Crippen molar-refractivity contribution in [1.82, 2.24) is 4.57 Å². The Morgan fingerprint density at radius 2 is 1.82 bits per heavy atom. The molecule has 1 unspecified atom stereocenters. The van der Waals surface area contributed by atoms with Crippen LogP contribution in [0, 0.1) is 11.3 Å². The van der Waals surface area contributed by atoms with E-state index in [1.54, 1.807) is 31.2 Å². The number of halogens is 3. The monoisotopic (exact) mass is 559 g/mol. The van der Waals surface area contributed by atoms with Crippen molar-refractivity contribution in [3.63, 3.8) is 0 Å². The molecule has 0 aliphatic carbocycles. The summed E-state index contributed by atoms with van der Waals surface area (Å²) in [5, 5.41) is 34.1. The predicted molar refractivity (Wildman–Crippen MR) is 135 cm³/mol. The molecule has 2 aliphatic heterocycles. The molecule has 39 heavy (non-hydrogen) atoms. The fourth-order valence-electron chi connectivity index (χ4n) is 5.62. The highest BCUT2D eigenvalue weighted by Gasteiger charge is 2.61. The number of nitrogens with zero attached hydrogens (tertiary/aromatic N) is 2. The zero-order chi connectivity index (χ0) is 28.3. The molecule has 1 saturated heterocycles. The number of rotatable bonds is 6. The van der Waals surface area contributed by atoms with Crippen LogP contribution >= 0.6 is 0 Å². The number of amides is 1. The largest absolute Gasteiger partial charge is 0.494 e. The van der Waals surface area contributed by atoms with E-state index in [0.29, 0.717) is 29.5 Å². The van der Waals surface area contributed by atoms with Gasteiger partial charge in [0.05, 0.1) is 50.4 Å². The minimum atomic E-state index is -4.82. The number of hydrogen-bond donors (Lipinski definition) is 3. The first-order chi connectivity index (χ1) is 18.3. The molecule has 1 fully saturated rings. The van der Waals surface area contributed by atoms with Crippen molar-refractivity contribution in [2.24, 2.45) is 0 Å². The SMILES string of the molecule is CC(=O)Nc1ccc(S(=O)CC[C@@]23CC[C@@](C)(O2)c2c3c(O)n(-c3ccc(C#N)c(C(F)(F)F)c3)c2O)cc1. The van der Waals surface area contributed by atoms with Crippen LogP contribution in [-0.4, -0.2) is 30.6 Å². The van der Waals surface area contributed by atoms with Gasteiger partial charge in [-0.3, -0.25) is 13.6 Å². The Hall–Kier alpha value is -3.82. The lowest BCUT2D eigenvalue weighted by atomic mass is 9.78. The zero-order valence-electron chi connectivity index (χ0n) is 20.9. The number of carbonyl (C=O) groups is 1. The Balaban J connectivity index is 1.48. The average Bonchev–Trinajstić information content (AvgIpc) is 3.46. The summed E-state index contributed by atoms with van der Waals surface area (Å²) in [6, 6.07) is 11.0. The lowest BCUT2D eigenvalue weighted by molar-refractivity contribution is -0.137.